The molecule has 0 spiro atoms. The number of carbonyl (C=O) groups is 1. The molecule has 0 amide bonds. The first-order chi connectivity index (χ1) is 17.6. The number of ether oxygens (including phenoxy) is 3. The number of aromatic nitrogens is 1. The van der Waals surface area contributed by atoms with E-state index >= 15 is 0 Å². The van der Waals surface area contributed by atoms with Gasteiger partial charge in [-0.2, -0.15) is 0 Å². The number of carbonyl (C=O) groups excluding carboxylic acids is 1. The molecule has 0 atom stereocenters. The molecule has 36 heavy (non-hydrogen) atoms. The molecule has 182 valence electrons. The Kier molecular flexibility index (Phi) is 6.94. The van der Waals surface area contributed by atoms with Gasteiger partial charge >= 0.3 is 5.97 Å². The summed E-state index contributed by atoms with van der Waals surface area (Å²) >= 11 is 0. The highest BCUT2D eigenvalue weighted by Gasteiger charge is 2.26. The van der Waals surface area contributed by atoms with E-state index < -0.39 is 11.8 Å². The molecule has 0 radical (unpaired) electrons. The summed E-state index contributed by atoms with van der Waals surface area (Å²) in [6.45, 7) is 0.0631. The van der Waals surface area contributed by atoms with Crippen LogP contribution in [0.2, 0.25) is 0 Å². The summed E-state index contributed by atoms with van der Waals surface area (Å²) in [6.07, 6.45) is 4.64. The molecule has 0 aliphatic heterocycles. The van der Waals surface area contributed by atoms with E-state index in [4.69, 9.17) is 19.2 Å². The Bertz CT molecular complexity index is 1430. The second-order valence-electron chi connectivity index (χ2n) is 8.54. The number of hydrogen-bond acceptors (Lipinski definition) is 5. The number of fused-ring (bicyclic) bond motifs is 2. The van der Waals surface area contributed by atoms with Gasteiger partial charge in [0.1, 0.15) is 19.0 Å². The summed E-state index contributed by atoms with van der Waals surface area (Å²) in [5.74, 6) is 0.0600. The van der Waals surface area contributed by atoms with Crippen LogP contribution in [0.3, 0.4) is 0 Å². The molecule has 0 saturated carbocycles. The van der Waals surface area contributed by atoms with Gasteiger partial charge in [-0.1, -0.05) is 42.5 Å². The monoisotopic (exact) mass is 483 g/mol. The Morgan fingerprint density at radius 3 is 2.56 bits per heavy atom. The highest BCUT2D eigenvalue weighted by atomic mass is 19.1. The van der Waals surface area contributed by atoms with Crippen molar-refractivity contribution in [1.82, 2.24) is 4.98 Å². The maximum absolute atomic E-state index is 13.8. The van der Waals surface area contributed by atoms with Crippen molar-refractivity contribution in [3.05, 3.63) is 101 Å². The van der Waals surface area contributed by atoms with Gasteiger partial charge in [-0.3, -0.25) is 0 Å². The summed E-state index contributed by atoms with van der Waals surface area (Å²) in [5.41, 5.74) is 5.16. The van der Waals surface area contributed by atoms with Crippen molar-refractivity contribution < 1.29 is 23.4 Å². The summed E-state index contributed by atoms with van der Waals surface area (Å²) in [5, 5.41) is 0.766. The Hall–Kier alpha value is -4.19. The Balaban J connectivity index is 1.43. The van der Waals surface area contributed by atoms with Gasteiger partial charge < -0.3 is 14.2 Å². The number of pyridine rings is 1. The Morgan fingerprint density at radius 1 is 0.972 bits per heavy atom. The Labute approximate surface area is 209 Å². The van der Waals surface area contributed by atoms with Gasteiger partial charge in [0.2, 0.25) is 0 Å². The number of rotatable bonds is 7. The summed E-state index contributed by atoms with van der Waals surface area (Å²) in [6, 6.07) is 21.6. The standard InChI is InChI=1S/C30H26FNO4/c1-34-22-15-13-20(14-16-22)19-21-7-6-9-24-28(23-8-2-4-11-26(23)32-29(21)24)30(33)36-18-17-35-27-12-5-3-10-25(27)31/h2-5,8,10-16,19H,6-7,9,17-18H2,1H3. The SMILES string of the molecule is COc1ccc(C=C2CCCc3c2nc2ccccc2c3C(=O)OCCOc2ccccc2F)cc1. The van der Waals surface area contributed by atoms with Crippen molar-refractivity contribution in [2.24, 2.45) is 0 Å². The molecule has 0 N–H and O–H groups in total. The molecule has 1 heterocycles. The van der Waals surface area contributed by atoms with E-state index in [0.29, 0.717) is 5.56 Å². The topological polar surface area (TPSA) is 57.7 Å². The third-order valence-corrected chi connectivity index (χ3v) is 6.24. The zero-order valence-corrected chi connectivity index (χ0v) is 20.0. The molecule has 4 aromatic rings. The molecular formula is C30H26FNO4. The largest absolute Gasteiger partial charge is 0.497 e. The number of halogens is 1. The quantitative estimate of drug-likeness (QED) is 0.222. The number of hydrogen-bond donors (Lipinski definition) is 0. The lowest BCUT2D eigenvalue weighted by molar-refractivity contribution is 0.0449. The molecule has 1 aliphatic rings. The number of para-hydroxylation sites is 2. The number of methoxy groups -OCH3 is 1. The van der Waals surface area contributed by atoms with Crippen LogP contribution in [-0.4, -0.2) is 31.3 Å². The molecule has 0 bridgehead atoms. The van der Waals surface area contributed by atoms with Crippen LogP contribution >= 0.6 is 0 Å². The number of allylic oxidation sites excluding steroid dienone is 1. The van der Waals surface area contributed by atoms with Gasteiger partial charge in [0.15, 0.2) is 11.6 Å². The molecule has 0 fully saturated rings. The average Bonchev–Trinajstić information content (AvgIpc) is 2.91. The van der Waals surface area contributed by atoms with Crippen LogP contribution < -0.4 is 9.47 Å². The van der Waals surface area contributed by atoms with Crippen molar-refractivity contribution in [2.75, 3.05) is 20.3 Å². The summed E-state index contributed by atoms with van der Waals surface area (Å²) in [4.78, 5) is 18.3. The van der Waals surface area contributed by atoms with E-state index in [-0.39, 0.29) is 19.0 Å². The fourth-order valence-electron chi connectivity index (χ4n) is 4.53. The lowest BCUT2D eigenvalue weighted by atomic mass is 9.86. The van der Waals surface area contributed by atoms with E-state index in [2.05, 4.69) is 6.08 Å². The zero-order valence-electron chi connectivity index (χ0n) is 20.0. The molecule has 0 saturated heterocycles. The molecule has 5 rings (SSSR count). The van der Waals surface area contributed by atoms with Gasteiger partial charge in [-0.25, -0.2) is 14.2 Å². The average molecular weight is 484 g/mol. The second-order valence-corrected chi connectivity index (χ2v) is 8.54. The van der Waals surface area contributed by atoms with E-state index in [9.17, 15) is 9.18 Å². The molecule has 1 aliphatic carbocycles. The van der Waals surface area contributed by atoms with Crippen molar-refractivity contribution >= 4 is 28.5 Å². The summed E-state index contributed by atoms with van der Waals surface area (Å²) in [7, 11) is 1.65. The van der Waals surface area contributed by atoms with Crippen molar-refractivity contribution in [3.8, 4) is 11.5 Å². The first kappa shape index (κ1) is 23.5. The number of nitrogens with zero attached hydrogens (tertiary/aromatic N) is 1. The lowest BCUT2D eigenvalue weighted by Crippen LogP contribution is -2.18. The van der Waals surface area contributed by atoms with Crippen LogP contribution in [-0.2, 0) is 11.2 Å². The first-order valence-corrected chi connectivity index (χ1v) is 11.9. The van der Waals surface area contributed by atoms with Crippen molar-refractivity contribution in [3.63, 3.8) is 0 Å². The van der Waals surface area contributed by atoms with Gasteiger partial charge in [-0.15, -0.1) is 0 Å². The van der Waals surface area contributed by atoms with Crippen molar-refractivity contribution in [2.45, 2.75) is 19.3 Å². The van der Waals surface area contributed by atoms with Crippen LogP contribution in [0.4, 0.5) is 4.39 Å². The minimum Gasteiger partial charge on any atom is -0.497 e. The third kappa shape index (κ3) is 4.93. The predicted molar refractivity (Wildman–Crippen MR) is 138 cm³/mol. The highest BCUT2D eigenvalue weighted by molar-refractivity contribution is 6.06. The molecular weight excluding hydrogens is 457 g/mol. The lowest BCUT2D eigenvalue weighted by Gasteiger charge is -2.22. The maximum atomic E-state index is 13.8. The van der Waals surface area contributed by atoms with E-state index in [1.165, 1.54) is 6.07 Å². The fraction of sp³-hybridized carbons (Fsp3) is 0.200. The predicted octanol–water partition coefficient (Wildman–Crippen LogP) is 6.50. The van der Waals surface area contributed by atoms with Crippen LogP contribution in [0.1, 0.15) is 40.0 Å². The van der Waals surface area contributed by atoms with E-state index in [1.807, 2.05) is 48.5 Å². The smallest absolute Gasteiger partial charge is 0.339 e. The van der Waals surface area contributed by atoms with Crippen LogP contribution in [0.5, 0.6) is 11.5 Å². The third-order valence-electron chi connectivity index (χ3n) is 6.24. The summed E-state index contributed by atoms with van der Waals surface area (Å²) < 4.78 is 30.1. The number of esters is 1. The van der Waals surface area contributed by atoms with Gasteiger partial charge in [0.25, 0.3) is 0 Å². The molecule has 6 heteroatoms. The minimum atomic E-state index is -0.450. The van der Waals surface area contributed by atoms with Gasteiger partial charge in [0.05, 0.1) is 23.9 Å². The highest BCUT2D eigenvalue weighted by Crippen LogP contribution is 2.36. The first-order valence-electron chi connectivity index (χ1n) is 11.9. The van der Waals surface area contributed by atoms with Crippen LogP contribution in [0.25, 0.3) is 22.6 Å². The molecule has 5 nitrogen and oxygen atoms in total. The second kappa shape index (κ2) is 10.6. The van der Waals surface area contributed by atoms with Gasteiger partial charge in [0, 0.05) is 5.39 Å². The van der Waals surface area contributed by atoms with Gasteiger partial charge in [-0.05, 0) is 72.4 Å². The van der Waals surface area contributed by atoms with E-state index in [1.54, 1.807) is 25.3 Å². The zero-order chi connectivity index (χ0) is 24.9. The van der Waals surface area contributed by atoms with Crippen LogP contribution in [0.15, 0.2) is 72.8 Å². The maximum Gasteiger partial charge on any atom is 0.339 e. The fourth-order valence-corrected chi connectivity index (χ4v) is 4.53. The Morgan fingerprint density at radius 2 is 1.75 bits per heavy atom. The van der Waals surface area contributed by atoms with Crippen LogP contribution in [0, 0.1) is 5.82 Å². The number of benzene rings is 3. The normalized spacial score (nSPS) is 13.9. The molecule has 1 aromatic heterocycles. The molecule has 3 aromatic carbocycles. The minimum absolute atomic E-state index is 0.00708. The molecule has 0 unspecified atom stereocenters. The van der Waals surface area contributed by atoms with Crippen molar-refractivity contribution in [1.29, 1.82) is 0 Å². The van der Waals surface area contributed by atoms with E-state index in [0.717, 1.165) is 58.3 Å².